The molecule has 2 rings (SSSR count). The maximum absolute atomic E-state index is 11.7. The third-order valence-electron chi connectivity index (χ3n) is 2.68. The first-order valence-electron chi connectivity index (χ1n) is 5.36. The summed E-state index contributed by atoms with van der Waals surface area (Å²) in [4.78, 5) is 39.3. The molecule has 0 bridgehead atoms. The SMILES string of the molecule is CN1C(=O)C[C@@H](NNC(=O)c2ccncc2)C1=O. The van der Waals surface area contributed by atoms with Crippen molar-refractivity contribution in [2.24, 2.45) is 0 Å². The number of likely N-dealkylation sites (N-methyl/N-ethyl adjacent to an activating group) is 1. The zero-order valence-corrected chi connectivity index (χ0v) is 9.71. The zero-order valence-electron chi connectivity index (χ0n) is 9.71. The first kappa shape index (κ1) is 12.2. The van der Waals surface area contributed by atoms with Crippen molar-refractivity contribution in [3.63, 3.8) is 0 Å². The first-order valence-corrected chi connectivity index (χ1v) is 5.36. The number of hydrogen-bond donors (Lipinski definition) is 2. The number of nitrogens with one attached hydrogen (secondary N) is 2. The van der Waals surface area contributed by atoms with E-state index in [0.29, 0.717) is 5.56 Å². The number of likely N-dealkylation sites (tertiary alicyclic amines) is 1. The number of imide groups is 1. The van der Waals surface area contributed by atoms with Crippen LogP contribution in [0.15, 0.2) is 24.5 Å². The molecular formula is C11H12N4O3. The van der Waals surface area contributed by atoms with Crippen LogP contribution in [-0.4, -0.2) is 40.7 Å². The summed E-state index contributed by atoms with van der Waals surface area (Å²) >= 11 is 0. The molecule has 7 nitrogen and oxygen atoms in total. The van der Waals surface area contributed by atoms with Crippen LogP contribution in [0.3, 0.4) is 0 Å². The average molecular weight is 248 g/mol. The van der Waals surface area contributed by atoms with Crippen LogP contribution in [0.4, 0.5) is 0 Å². The van der Waals surface area contributed by atoms with Gasteiger partial charge in [-0.1, -0.05) is 0 Å². The van der Waals surface area contributed by atoms with Crippen LogP contribution in [-0.2, 0) is 9.59 Å². The Bertz CT molecular complexity index is 488. The highest BCUT2D eigenvalue weighted by Gasteiger charge is 2.36. The molecule has 1 aromatic rings. The second-order valence-electron chi connectivity index (χ2n) is 3.88. The lowest BCUT2D eigenvalue weighted by Crippen LogP contribution is -2.47. The van der Waals surface area contributed by atoms with Gasteiger partial charge in [-0.05, 0) is 12.1 Å². The van der Waals surface area contributed by atoms with Crippen molar-refractivity contribution in [2.75, 3.05) is 7.05 Å². The number of hydrazine groups is 1. The van der Waals surface area contributed by atoms with E-state index in [4.69, 9.17) is 0 Å². The summed E-state index contributed by atoms with van der Waals surface area (Å²) in [7, 11) is 1.41. The highest BCUT2D eigenvalue weighted by molar-refractivity contribution is 6.05. The summed E-state index contributed by atoms with van der Waals surface area (Å²) in [6.07, 6.45) is 3.03. The third-order valence-corrected chi connectivity index (χ3v) is 2.68. The molecule has 0 aliphatic carbocycles. The molecule has 1 aliphatic heterocycles. The molecule has 1 saturated heterocycles. The van der Waals surface area contributed by atoms with Crippen LogP contribution in [0, 0.1) is 0 Å². The first-order chi connectivity index (χ1) is 8.59. The molecule has 0 aromatic carbocycles. The zero-order chi connectivity index (χ0) is 13.1. The Morgan fingerprint density at radius 2 is 2.06 bits per heavy atom. The van der Waals surface area contributed by atoms with Crippen LogP contribution in [0.25, 0.3) is 0 Å². The van der Waals surface area contributed by atoms with E-state index in [9.17, 15) is 14.4 Å². The summed E-state index contributed by atoms with van der Waals surface area (Å²) in [6.45, 7) is 0. The van der Waals surface area contributed by atoms with Gasteiger partial charge in [-0.15, -0.1) is 0 Å². The van der Waals surface area contributed by atoms with Gasteiger partial charge < -0.3 is 0 Å². The summed E-state index contributed by atoms with van der Waals surface area (Å²) < 4.78 is 0. The van der Waals surface area contributed by atoms with Gasteiger partial charge in [0.15, 0.2) is 0 Å². The molecule has 1 aliphatic rings. The molecule has 0 radical (unpaired) electrons. The molecule has 2 heterocycles. The minimum absolute atomic E-state index is 0.0476. The summed E-state index contributed by atoms with van der Waals surface area (Å²) in [6, 6.07) is 2.39. The van der Waals surface area contributed by atoms with Crippen LogP contribution in [0.2, 0.25) is 0 Å². The average Bonchev–Trinajstić information content (AvgIpc) is 2.64. The molecule has 1 atom stereocenters. The Labute approximate surface area is 103 Å². The standard InChI is InChI=1S/C11H12N4O3/c1-15-9(16)6-8(11(15)18)13-14-10(17)7-2-4-12-5-3-7/h2-5,8,13H,6H2,1H3,(H,14,17)/t8-/m1/s1. The molecular weight excluding hydrogens is 236 g/mol. The Morgan fingerprint density at radius 3 is 2.61 bits per heavy atom. The van der Waals surface area contributed by atoms with Gasteiger partial charge in [0, 0.05) is 25.0 Å². The van der Waals surface area contributed by atoms with Gasteiger partial charge in [0.1, 0.15) is 6.04 Å². The lowest BCUT2D eigenvalue weighted by molar-refractivity contribution is -0.137. The maximum atomic E-state index is 11.7. The van der Waals surface area contributed by atoms with E-state index in [-0.39, 0.29) is 24.1 Å². The molecule has 0 saturated carbocycles. The van der Waals surface area contributed by atoms with Crippen LogP contribution < -0.4 is 10.9 Å². The molecule has 18 heavy (non-hydrogen) atoms. The van der Waals surface area contributed by atoms with E-state index in [1.165, 1.54) is 19.4 Å². The van der Waals surface area contributed by atoms with Crippen molar-refractivity contribution in [1.29, 1.82) is 0 Å². The summed E-state index contributed by atoms with van der Waals surface area (Å²) in [5.41, 5.74) is 5.37. The highest BCUT2D eigenvalue weighted by atomic mass is 16.2. The van der Waals surface area contributed by atoms with Gasteiger partial charge in [0.2, 0.25) is 11.8 Å². The van der Waals surface area contributed by atoms with Crippen molar-refractivity contribution < 1.29 is 14.4 Å². The van der Waals surface area contributed by atoms with Gasteiger partial charge >= 0.3 is 0 Å². The van der Waals surface area contributed by atoms with Crippen molar-refractivity contribution in [3.05, 3.63) is 30.1 Å². The molecule has 3 amide bonds. The fraction of sp³-hybridized carbons (Fsp3) is 0.273. The normalized spacial score (nSPS) is 19.2. The minimum Gasteiger partial charge on any atom is -0.287 e. The fourth-order valence-corrected chi connectivity index (χ4v) is 1.60. The van der Waals surface area contributed by atoms with Crippen LogP contribution >= 0.6 is 0 Å². The minimum atomic E-state index is -0.701. The predicted molar refractivity (Wildman–Crippen MR) is 61.0 cm³/mol. The summed E-state index contributed by atoms with van der Waals surface area (Å²) in [5, 5.41) is 0. The molecule has 0 unspecified atom stereocenters. The number of amides is 3. The van der Waals surface area contributed by atoms with Crippen LogP contribution in [0.5, 0.6) is 0 Å². The number of nitrogens with zero attached hydrogens (tertiary/aromatic N) is 2. The van der Waals surface area contributed by atoms with Gasteiger partial charge in [0.25, 0.3) is 5.91 Å². The number of rotatable bonds is 3. The Hall–Kier alpha value is -2.28. The topological polar surface area (TPSA) is 91.4 Å². The van der Waals surface area contributed by atoms with E-state index in [1.807, 2.05) is 0 Å². The van der Waals surface area contributed by atoms with E-state index in [0.717, 1.165) is 4.90 Å². The Kier molecular flexibility index (Phi) is 3.33. The molecule has 0 spiro atoms. The smallest absolute Gasteiger partial charge is 0.265 e. The summed E-state index contributed by atoms with van der Waals surface area (Å²) in [5.74, 6) is -1.00. The molecule has 2 N–H and O–H groups in total. The number of aromatic nitrogens is 1. The van der Waals surface area contributed by atoms with Gasteiger partial charge in [-0.2, -0.15) is 0 Å². The number of carbonyl (C=O) groups excluding carboxylic acids is 3. The van der Waals surface area contributed by atoms with Crippen molar-refractivity contribution in [1.82, 2.24) is 20.7 Å². The predicted octanol–water partition coefficient (Wildman–Crippen LogP) is -0.927. The quantitative estimate of drug-likeness (QED) is 0.533. The highest BCUT2D eigenvalue weighted by Crippen LogP contribution is 2.09. The van der Waals surface area contributed by atoms with Crippen molar-refractivity contribution >= 4 is 17.7 Å². The number of pyridine rings is 1. The van der Waals surface area contributed by atoms with Gasteiger partial charge in [0.05, 0.1) is 6.42 Å². The Morgan fingerprint density at radius 1 is 1.39 bits per heavy atom. The van der Waals surface area contributed by atoms with Crippen molar-refractivity contribution in [2.45, 2.75) is 12.5 Å². The van der Waals surface area contributed by atoms with E-state index in [1.54, 1.807) is 12.1 Å². The van der Waals surface area contributed by atoms with Gasteiger partial charge in [-0.3, -0.25) is 29.7 Å². The fourth-order valence-electron chi connectivity index (χ4n) is 1.60. The van der Waals surface area contributed by atoms with E-state index in [2.05, 4.69) is 15.8 Å². The maximum Gasteiger partial charge on any atom is 0.265 e. The second-order valence-corrected chi connectivity index (χ2v) is 3.88. The monoisotopic (exact) mass is 248 g/mol. The number of carbonyl (C=O) groups is 3. The lowest BCUT2D eigenvalue weighted by Gasteiger charge is -2.11. The molecule has 1 aromatic heterocycles. The third kappa shape index (κ3) is 2.35. The van der Waals surface area contributed by atoms with Crippen LogP contribution in [0.1, 0.15) is 16.8 Å². The molecule has 94 valence electrons. The van der Waals surface area contributed by atoms with E-state index >= 15 is 0 Å². The molecule has 1 fully saturated rings. The molecule has 7 heteroatoms. The number of hydrogen-bond acceptors (Lipinski definition) is 5. The lowest BCUT2D eigenvalue weighted by atomic mass is 10.2. The van der Waals surface area contributed by atoms with Crippen molar-refractivity contribution in [3.8, 4) is 0 Å². The second kappa shape index (κ2) is 4.92. The van der Waals surface area contributed by atoms with E-state index < -0.39 is 6.04 Å². The largest absolute Gasteiger partial charge is 0.287 e. The van der Waals surface area contributed by atoms with Gasteiger partial charge in [-0.25, -0.2) is 5.43 Å². The Balaban J connectivity index is 1.91.